The van der Waals surface area contributed by atoms with Crippen molar-refractivity contribution >= 4 is 12.6 Å². The van der Waals surface area contributed by atoms with Crippen molar-refractivity contribution in [2.24, 2.45) is 0 Å². The molecule has 1 atom stereocenters. The second-order valence-corrected chi connectivity index (χ2v) is 4.40. The molecule has 1 aliphatic rings. The SMILES string of the molecule is Fc1ccc(S)c(COC[C@H]2CCCO2)c1. The second kappa shape index (κ2) is 5.66. The molecular formula is C12H15FO2S. The molecular weight excluding hydrogens is 227 g/mol. The van der Waals surface area contributed by atoms with Gasteiger partial charge in [0, 0.05) is 11.5 Å². The molecule has 2 rings (SSSR count). The number of thiol groups is 1. The fourth-order valence-corrected chi connectivity index (χ4v) is 1.95. The van der Waals surface area contributed by atoms with E-state index in [0.29, 0.717) is 13.2 Å². The number of benzene rings is 1. The van der Waals surface area contributed by atoms with E-state index < -0.39 is 0 Å². The van der Waals surface area contributed by atoms with E-state index in [4.69, 9.17) is 9.47 Å². The third-order valence-corrected chi connectivity index (χ3v) is 3.06. The molecule has 0 aliphatic carbocycles. The first-order chi connectivity index (χ1) is 7.75. The Kier molecular flexibility index (Phi) is 4.21. The van der Waals surface area contributed by atoms with Gasteiger partial charge in [0.2, 0.25) is 0 Å². The highest BCUT2D eigenvalue weighted by molar-refractivity contribution is 7.80. The molecule has 0 saturated carbocycles. The lowest BCUT2D eigenvalue weighted by molar-refractivity contribution is 0.00997. The summed E-state index contributed by atoms with van der Waals surface area (Å²) in [6, 6.07) is 4.49. The number of ether oxygens (including phenoxy) is 2. The largest absolute Gasteiger partial charge is 0.376 e. The first-order valence-corrected chi connectivity index (χ1v) is 5.87. The molecule has 1 aliphatic heterocycles. The van der Waals surface area contributed by atoms with Crippen LogP contribution in [-0.2, 0) is 16.1 Å². The number of rotatable bonds is 4. The fourth-order valence-electron chi connectivity index (χ4n) is 1.75. The first-order valence-electron chi connectivity index (χ1n) is 5.42. The summed E-state index contributed by atoms with van der Waals surface area (Å²) < 4.78 is 23.9. The molecule has 0 radical (unpaired) electrons. The summed E-state index contributed by atoms with van der Waals surface area (Å²) in [6.45, 7) is 1.78. The maximum atomic E-state index is 13.0. The van der Waals surface area contributed by atoms with Gasteiger partial charge in [0.05, 0.1) is 19.3 Å². The van der Waals surface area contributed by atoms with Crippen molar-refractivity contribution in [2.45, 2.75) is 30.4 Å². The molecule has 0 bridgehead atoms. The van der Waals surface area contributed by atoms with Crippen LogP contribution in [0.2, 0.25) is 0 Å². The highest BCUT2D eigenvalue weighted by Gasteiger charge is 2.15. The topological polar surface area (TPSA) is 18.5 Å². The van der Waals surface area contributed by atoms with Gasteiger partial charge in [-0.1, -0.05) is 0 Å². The number of halogens is 1. The molecule has 1 heterocycles. The average molecular weight is 242 g/mol. The van der Waals surface area contributed by atoms with E-state index in [2.05, 4.69) is 12.6 Å². The van der Waals surface area contributed by atoms with Gasteiger partial charge >= 0.3 is 0 Å². The summed E-state index contributed by atoms with van der Waals surface area (Å²) in [7, 11) is 0. The van der Waals surface area contributed by atoms with E-state index in [1.54, 1.807) is 6.07 Å². The minimum Gasteiger partial charge on any atom is -0.376 e. The van der Waals surface area contributed by atoms with Gasteiger partial charge in [-0.15, -0.1) is 12.6 Å². The third-order valence-electron chi connectivity index (χ3n) is 2.63. The molecule has 0 N–H and O–H groups in total. The van der Waals surface area contributed by atoms with Crippen LogP contribution in [0.1, 0.15) is 18.4 Å². The van der Waals surface area contributed by atoms with Gasteiger partial charge in [-0.2, -0.15) is 0 Å². The smallest absolute Gasteiger partial charge is 0.123 e. The summed E-state index contributed by atoms with van der Waals surface area (Å²) in [6.07, 6.45) is 2.36. The van der Waals surface area contributed by atoms with Gasteiger partial charge < -0.3 is 9.47 Å². The van der Waals surface area contributed by atoms with Crippen molar-refractivity contribution in [1.82, 2.24) is 0 Å². The Bertz CT molecular complexity index is 351. The quantitative estimate of drug-likeness (QED) is 0.818. The van der Waals surface area contributed by atoms with Gasteiger partial charge in [0.1, 0.15) is 5.82 Å². The lowest BCUT2D eigenvalue weighted by Gasteiger charge is -2.11. The highest BCUT2D eigenvalue weighted by Crippen LogP contribution is 2.17. The molecule has 16 heavy (non-hydrogen) atoms. The summed E-state index contributed by atoms with van der Waals surface area (Å²) in [5.74, 6) is -0.256. The molecule has 2 nitrogen and oxygen atoms in total. The molecule has 1 aromatic carbocycles. The Morgan fingerprint density at radius 2 is 2.38 bits per heavy atom. The highest BCUT2D eigenvalue weighted by atomic mass is 32.1. The van der Waals surface area contributed by atoms with Gasteiger partial charge in [-0.25, -0.2) is 4.39 Å². The predicted octanol–water partition coefficient (Wildman–Crippen LogP) is 2.81. The van der Waals surface area contributed by atoms with Gasteiger partial charge in [0.25, 0.3) is 0 Å². The molecule has 0 aromatic heterocycles. The number of hydrogen-bond acceptors (Lipinski definition) is 3. The molecule has 1 saturated heterocycles. The van der Waals surface area contributed by atoms with Crippen molar-refractivity contribution < 1.29 is 13.9 Å². The molecule has 88 valence electrons. The lowest BCUT2D eigenvalue weighted by Crippen LogP contribution is -2.13. The molecule has 4 heteroatoms. The number of hydrogen-bond donors (Lipinski definition) is 1. The van der Waals surface area contributed by atoms with E-state index in [0.717, 1.165) is 29.9 Å². The maximum Gasteiger partial charge on any atom is 0.123 e. The van der Waals surface area contributed by atoms with Crippen LogP contribution in [0.4, 0.5) is 4.39 Å². The first kappa shape index (κ1) is 11.9. The van der Waals surface area contributed by atoms with Crippen LogP contribution in [0.25, 0.3) is 0 Å². The molecule has 1 fully saturated rings. The predicted molar refractivity (Wildman–Crippen MR) is 62.3 cm³/mol. The van der Waals surface area contributed by atoms with E-state index in [-0.39, 0.29) is 11.9 Å². The van der Waals surface area contributed by atoms with E-state index in [1.165, 1.54) is 12.1 Å². The Morgan fingerprint density at radius 1 is 1.50 bits per heavy atom. The van der Waals surface area contributed by atoms with E-state index >= 15 is 0 Å². The van der Waals surface area contributed by atoms with Crippen LogP contribution in [0.15, 0.2) is 23.1 Å². The van der Waals surface area contributed by atoms with Gasteiger partial charge in [-0.3, -0.25) is 0 Å². The van der Waals surface area contributed by atoms with Crippen LogP contribution in [-0.4, -0.2) is 19.3 Å². The van der Waals surface area contributed by atoms with Gasteiger partial charge in [-0.05, 0) is 36.6 Å². The lowest BCUT2D eigenvalue weighted by atomic mass is 10.2. The minimum absolute atomic E-state index is 0.205. The second-order valence-electron chi connectivity index (χ2n) is 3.92. The van der Waals surface area contributed by atoms with Crippen LogP contribution < -0.4 is 0 Å². The average Bonchev–Trinajstić information content (AvgIpc) is 2.76. The van der Waals surface area contributed by atoms with Crippen LogP contribution in [0.5, 0.6) is 0 Å². The summed E-state index contributed by atoms with van der Waals surface area (Å²) >= 11 is 4.25. The van der Waals surface area contributed by atoms with Crippen molar-refractivity contribution in [3.63, 3.8) is 0 Å². The van der Waals surface area contributed by atoms with Crippen molar-refractivity contribution in [3.05, 3.63) is 29.6 Å². The normalized spacial score (nSPS) is 20.2. The third kappa shape index (κ3) is 3.20. The summed E-state index contributed by atoms with van der Waals surface area (Å²) in [4.78, 5) is 0.758. The zero-order chi connectivity index (χ0) is 11.4. The Labute approximate surface area is 100 Å². The van der Waals surface area contributed by atoms with Crippen molar-refractivity contribution in [2.75, 3.05) is 13.2 Å². The van der Waals surface area contributed by atoms with Crippen molar-refractivity contribution in [3.8, 4) is 0 Å². The van der Waals surface area contributed by atoms with E-state index in [1.807, 2.05) is 0 Å². The Morgan fingerprint density at radius 3 is 3.12 bits per heavy atom. The monoisotopic (exact) mass is 242 g/mol. The Balaban J connectivity index is 1.82. The van der Waals surface area contributed by atoms with Crippen molar-refractivity contribution in [1.29, 1.82) is 0 Å². The summed E-state index contributed by atoms with van der Waals surface area (Å²) in [5.41, 5.74) is 0.779. The summed E-state index contributed by atoms with van der Waals surface area (Å²) in [5, 5.41) is 0. The fraction of sp³-hybridized carbons (Fsp3) is 0.500. The standard InChI is InChI=1S/C12H15FO2S/c13-10-3-4-12(16)9(6-10)7-14-8-11-2-1-5-15-11/h3-4,6,11,16H,1-2,5,7-8H2/t11-/m1/s1. The molecule has 0 amide bonds. The Hall–Kier alpha value is -0.580. The van der Waals surface area contributed by atoms with Crippen LogP contribution >= 0.6 is 12.6 Å². The van der Waals surface area contributed by atoms with Crippen LogP contribution in [0, 0.1) is 5.82 Å². The molecule has 1 aromatic rings. The molecule has 0 unspecified atom stereocenters. The molecule has 0 spiro atoms. The van der Waals surface area contributed by atoms with E-state index in [9.17, 15) is 4.39 Å². The maximum absolute atomic E-state index is 13.0. The minimum atomic E-state index is -0.256. The van der Waals surface area contributed by atoms with Crippen LogP contribution in [0.3, 0.4) is 0 Å². The van der Waals surface area contributed by atoms with Gasteiger partial charge in [0.15, 0.2) is 0 Å². The zero-order valence-corrected chi connectivity index (χ0v) is 9.88. The zero-order valence-electron chi connectivity index (χ0n) is 8.99.